The third-order valence-electron chi connectivity index (χ3n) is 2.26. The van der Waals surface area contributed by atoms with E-state index in [0.29, 0.717) is 0 Å². The van der Waals surface area contributed by atoms with Crippen molar-refractivity contribution < 1.29 is 69.3 Å². The monoisotopic (exact) mass is 290 g/mol. The largest absolute Gasteiger partial charge is 1.00 e. The summed E-state index contributed by atoms with van der Waals surface area (Å²) in [7, 11) is -3.68. The normalized spacial score (nSPS) is 10.7. The van der Waals surface area contributed by atoms with Crippen LogP contribution < -0.4 is 56.5 Å². The second-order valence-electron chi connectivity index (χ2n) is 3.43. The molecule has 3 nitrogen and oxygen atoms in total. The first kappa shape index (κ1) is 15.8. The van der Waals surface area contributed by atoms with E-state index in [4.69, 9.17) is 0 Å². The van der Waals surface area contributed by atoms with Gasteiger partial charge in [-0.2, -0.15) is 0 Å². The molecule has 0 radical (unpaired) electrons. The Balaban J connectivity index is 0.00000162. The Hall–Kier alpha value is -0.244. The van der Waals surface area contributed by atoms with E-state index in [2.05, 4.69) is 0 Å². The van der Waals surface area contributed by atoms with Crippen LogP contribution in [0.3, 0.4) is 0 Å². The van der Waals surface area contributed by atoms with Crippen LogP contribution in [-0.2, 0) is 9.84 Å². The molecule has 0 saturated heterocycles. The van der Waals surface area contributed by atoms with Gasteiger partial charge in [0, 0.05) is 0 Å². The molecule has 0 N–H and O–H groups in total. The molecule has 2 aromatic carbocycles. The smallest absolute Gasteiger partial charge is 0.872 e. The maximum Gasteiger partial charge on any atom is 1.00 e. The Morgan fingerprint density at radius 2 is 1.22 bits per heavy atom. The Morgan fingerprint density at radius 1 is 0.833 bits per heavy atom. The van der Waals surface area contributed by atoms with Crippen molar-refractivity contribution in [1.29, 1.82) is 0 Å². The molecule has 0 fully saturated rings. The van der Waals surface area contributed by atoms with Gasteiger partial charge in [0.15, 0.2) is 0 Å². The third-order valence-corrected chi connectivity index (χ3v) is 4.04. The summed E-state index contributed by atoms with van der Waals surface area (Å²) in [5.41, 5.74) is 0. The Labute approximate surface area is 147 Å². The maximum atomic E-state index is 12.7. The molecule has 18 heavy (non-hydrogen) atoms. The maximum absolute atomic E-state index is 12.7. The zero-order valence-corrected chi connectivity index (χ0v) is 13.6. The number of hydrogen-bond acceptors (Lipinski definition) is 3. The van der Waals surface area contributed by atoms with Crippen LogP contribution in [0, 0.1) is 5.82 Å². The van der Waals surface area contributed by atoms with E-state index in [9.17, 15) is 17.9 Å². The molecule has 0 bridgehead atoms. The summed E-state index contributed by atoms with van der Waals surface area (Å²) in [5, 5.41) is 10.9. The molecule has 0 atom stereocenters. The van der Waals surface area contributed by atoms with Crippen molar-refractivity contribution in [2.75, 3.05) is 0 Å². The molecule has 6 heteroatoms. The SMILES string of the molecule is O=S(=O)(c1ccc([O-])cc1)c1ccc(F)cc1.[K+]. The summed E-state index contributed by atoms with van der Waals surface area (Å²) in [6, 6.07) is 9.37. The van der Waals surface area contributed by atoms with Crippen molar-refractivity contribution in [3.63, 3.8) is 0 Å². The first-order chi connectivity index (χ1) is 8.00. The summed E-state index contributed by atoms with van der Waals surface area (Å²) < 4.78 is 36.8. The topological polar surface area (TPSA) is 57.2 Å². The van der Waals surface area contributed by atoms with E-state index >= 15 is 0 Å². The van der Waals surface area contributed by atoms with Gasteiger partial charge >= 0.3 is 51.4 Å². The van der Waals surface area contributed by atoms with Crippen LogP contribution >= 0.6 is 0 Å². The van der Waals surface area contributed by atoms with Crippen molar-refractivity contribution in [1.82, 2.24) is 0 Å². The molecule has 0 unspecified atom stereocenters. The predicted molar refractivity (Wildman–Crippen MR) is 57.7 cm³/mol. The van der Waals surface area contributed by atoms with Gasteiger partial charge in [0.05, 0.1) is 9.79 Å². The van der Waals surface area contributed by atoms with Gasteiger partial charge < -0.3 is 5.11 Å². The predicted octanol–water partition coefficient (Wildman–Crippen LogP) is -1.26. The Morgan fingerprint density at radius 3 is 1.67 bits per heavy atom. The minimum atomic E-state index is -3.68. The van der Waals surface area contributed by atoms with Crippen LogP contribution in [0.25, 0.3) is 0 Å². The fraction of sp³-hybridized carbons (Fsp3) is 0. The number of benzene rings is 2. The fourth-order valence-corrected chi connectivity index (χ4v) is 2.63. The Kier molecular flexibility index (Phi) is 5.51. The number of halogens is 1. The van der Waals surface area contributed by atoms with E-state index in [1.807, 2.05) is 0 Å². The average molecular weight is 290 g/mol. The van der Waals surface area contributed by atoms with E-state index in [-0.39, 0.29) is 66.9 Å². The summed E-state index contributed by atoms with van der Waals surface area (Å²) in [6.07, 6.45) is 0. The van der Waals surface area contributed by atoms with Crippen LogP contribution in [0.15, 0.2) is 58.3 Å². The quantitative estimate of drug-likeness (QED) is 0.512. The van der Waals surface area contributed by atoms with Gasteiger partial charge in [0.1, 0.15) is 5.82 Å². The molecule has 0 heterocycles. The molecule has 0 aliphatic heterocycles. The molecule has 0 aromatic heterocycles. The van der Waals surface area contributed by atoms with Crippen LogP contribution in [-0.4, -0.2) is 8.42 Å². The molecule has 88 valence electrons. The minimum Gasteiger partial charge on any atom is -0.872 e. The molecule has 0 aliphatic rings. The standard InChI is InChI=1S/C12H9FO3S.K/c13-9-1-5-11(6-2-9)17(15,16)12-7-3-10(14)4-8-12;/h1-8,14H;/q;+1/p-1. The molecule has 0 spiro atoms. The zero-order valence-electron chi connectivity index (χ0n) is 9.63. The summed E-state index contributed by atoms with van der Waals surface area (Å²) in [6.45, 7) is 0. The van der Waals surface area contributed by atoms with Gasteiger partial charge in [0.25, 0.3) is 0 Å². The number of sulfone groups is 1. The summed E-state index contributed by atoms with van der Waals surface area (Å²) in [4.78, 5) is 0.0151. The van der Waals surface area contributed by atoms with E-state index in [1.165, 1.54) is 36.4 Å². The fourth-order valence-electron chi connectivity index (χ4n) is 1.37. The third kappa shape index (κ3) is 3.40. The van der Waals surface area contributed by atoms with Crippen molar-refractivity contribution in [3.05, 3.63) is 54.3 Å². The van der Waals surface area contributed by atoms with Gasteiger partial charge in [0.2, 0.25) is 9.84 Å². The van der Waals surface area contributed by atoms with Gasteiger partial charge in [-0.1, -0.05) is 12.1 Å². The number of rotatable bonds is 2. The second kappa shape index (κ2) is 6.27. The summed E-state index contributed by atoms with van der Waals surface area (Å²) in [5.74, 6) is -0.762. The second-order valence-corrected chi connectivity index (χ2v) is 5.38. The van der Waals surface area contributed by atoms with E-state index in [0.717, 1.165) is 12.1 Å². The first-order valence-corrected chi connectivity index (χ1v) is 6.26. The minimum absolute atomic E-state index is 0. The average Bonchev–Trinajstić information content (AvgIpc) is 2.30. The Bertz CT molecular complexity index is 570. The van der Waals surface area contributed by atoms with Gasteiger partial charge in [-0.15, -0.1) is 5.75 Å². The van der Waals surface area contributed by atoms with Crippen molar-refractivity contribution >= 4 is 9.84 Å². The first-order valence-electron chi connectivity index (χ1n) is 4.78. The van der Waals surface area contributed by atoms with Crippen molar-refractivity contribution in [3.8, 4) is 5.75 Å². The zero-order chi connectivity index (χ0) is 12.5. The van der Waals surface area contributed by atoms with Crippen LogP contribution in [0.5, 0.6) is 5.75 Å². The van der Waals surface area contributed by atoms with Crippen LogP contribution in [0.2, 0.25) is 0 Å². The van der Waals surface area contributed by atoms with Crippen molar-refractivity contribution in [2.45, 2.75) is 9.79 Å². The van der Waals surface area contributed by atoms with Crippen LogP contribution in [0.1, 0.15) is 0 Å². The van der Waals surface area contributed by atoms with Crippen molar-refractivity contribution in [2.24, 2.45) is 0 Å². The molecule has 2 aromatic rings. The van der Waals surface area contributed by atoms with Gasteiger partial charge in [-0.3, -0.25) is 0 Å². The van der Waals surface area contributed by atoms with Gasteiger partial charge in [-0.05, 0) is 36.4 Å². The molecule has 0 aliphatic carbocycles. The molecule has 0 amide bonds. The van der Waals surface area contributed by atoms with Gasteiger partial charge in [-0.25, -0.2) is 12.8 Å². The number of hydrogen-bond donors (Lipinski definition) is 0. The summed E-state index contributed by atoms with van der Waals surface area (Å²) >= 11 is 0. The molecule has 0 saturated carbocycles. The molecular formula is C12H8FKO3S. The van der Waals surface area contributed by atoms with Crippen LogP contribution in [0.4, 0.5) is 4.39 Å². The molecule has 2 rings (SSSR count). The van der Waals surface area contributed by atoms with E-state index in [1.54, 1.807) is 0 Å². The van der Waals surface area contributed by atoms with E-state index < -0.39 is 15.7 Å². The molecular weight excluding hydrogens is 282 g/mol.